The van der Waals surface area contributed by atoms with Crippen LogP contribution in [0, 0.1) is 12.5 Å². The van der Waals surface area contributed by atoms with E-state index >= 15 is 0 Å². The predicted molar refractivity (Wildman–Crippen MR) is 110 cm³/mol. The Balaban J connectivity index is 1.60. The highest BCUT2D eigenvalue weighted by atomic mass is 16.6. The molecule has 0 saturated carbocycles. The maximum atomic E-state index is 12.2. The summed E-state index contributed by atoms with van der Waals surface area (Å²) in [5.74, 6) is 0.552. The predicted octanol–water partition coefficient (Wildman–Crippen LogP) is 5.49. The molecule has 1 aromatic heterocycles. The second kappa shape index (κ2) is 8.43. The van der Waals surface area contributed by atoms with Gasteiger partial charge in [0.1, 0.15) is 5.60 Å². The number of carbonyl (C=O) groups is 1. The van der Waals surface area contributed by atoms with Gasteiger partial charge in [0.2, 0.25) is 0 Å². The summed E-state index contributed by atoms with van der Waals surface area (Å²) in [7, 11) is 0. The highest BCUT2D eigenvalue weighted by Gasteiger charge is 2.26. The molecule has 3 rings (SSSR count). The zero-order chi connectivity index (χ0) is 20.1. The Kier molecular flexibility index (Phi) is 5.99. The molecule has 1 fully saturated rings. The van der Waals surface area contributed by atoms with Gasteiger partial charge in [-0.05, 0) is 75.3 Å². The molecule has 0 atom stereocenters. The van der Waals surface area contributed by atoms with E-state index in [-0.39, 0.29) is 6.09 Å². The van der Waals surface area contributed by atoms with Gasteiger partial charge in [0.25, 0.3) is 0 Å². The van der Waals surface area contributed by atoms with Crippen molar-refractivity contribution in [3.8, 4) is 11.3 Å². The Labute approximate surface area is 167 Å². The Morgan fingerprint density at radius 1 is 1.25 bits per heavy atom. The van der Waals surface area contributed by atoms with E-state index in [0.29, 0.717) is 11.6 Å². The zero-order valence-corrected chi connectivity index (χ0v) is 16.8. The fourth-order valence-electron chi connectivity index (χ4n) is 3.48. The van der Waals surface area contributed by atoms with Crippen LogP contribution < -0.4 is 0 Å². The normalized spacial score (nSPS) is 15.1. The molecule has 1 amide bonds. The van der Waals surface area contributed by atoms with E-state index in [1.807, 2.05) is 43.9 Å². The van der Waals surface area contributed by atoms with E-state index in [9.17, 15) is 4.79 Å². The largest absolute Gasteiger partial charge is 0.444 e. The topological polar surface area (TPSA) is 46.8 Å². The smallest absolute Gasteiger partial charge is 0.410 e. The van der Waals surface area contributed by atoms with Crippen LogP contribution in [0.1, 0.15) is 39.2 Å². The van der Waals surface area contributed by atoms with Gasteiger partial charge >= 0.3 is 6.09 Å². The molecule has 1 aliphatic rings. The number of amides is 1. The van der Waals surface area contributed by atoms with Crippen molar-refractivity contribution in [2.24, 2.45) is 5.92 Å². The van der Waals surface area contributed by atoms with Crippen molar-refractivity contribution in [1.29, 1.82) is 0 Å². The third-order valence-corrected chi connectivity index (χ3v) is 4.89. The van der Waals surface area contributed by atoms with E-state index < -0.39 is 5.60 Å². The van der Waals surface area contributed by atoms with Crippen LogP contribution in [0.4, 0.5) is 10.5 Å². The van der Waals surface area contributed by atoms with Gasteiger partial charge in [0.05, 0.1) is 12.3 Å². The van der Waals surface area contributed by atoms with Crippen LogP contribution >= 0.6 is 0 Å². The molecule has 0 unspecified atom stereocenters. The SMILES string of the molecule is [C-]#[N+]c1ccnc(-c2cccc(CC3CCN(C(=O)OC(C)(C)C)CC3)c2)c1. The Morgan fingerprint density at radius 2 is 2.00 bits per heavy atom. The molecule has 2 aromatic rings. The number of rotatable bonds is 3. The molecule has 28 heavy (non-hydrogen) atoms. The molecule has 5 nitrogen and oxygen atoms in total. The van der Waals surface area contributed by atoms with Crippen molar-refractivity contribution in [2.75, 3.05) is 13.1 Å². The van der Waals surface area contributed by atoms with Crippen LogP contribution in [0.15, 0.2) is 42.6 Å². The van der Waals surface area contributed by atoms with Crippen LogP contribution in [-0.2, 0) is 11.2 Å². The molecule has 146 valence electrons. The first-order valence-electron chi connectivity index (χ1n) is 9.75. The average Bonchev–Trinajstić information content (AvgIpc) is 2.67. The molecule has 1 saturated heterocycles. The molecule has 0 N–H and O–H groups in total. The Bertz CT molecular complexity index is 872. The van der Waals surface area contributed by atoms with Crippen LogP contribution in [-0.4, -0.2) is 34.7 Å². The van der Waals surface area contributed by atoms with Crippen LogP contribution in [0.25, 0.3) is 16.1 Å². The summed E-state index contributed by atoms with van der Waals surface area (Å²) in [6, 6.07) is 11.9. The van der Waals surface area contributed by atoms with E-state index in [1.54, 1.807) is 12.3 Å². The van der Waals surface area contributed by atoms with Gasteiger partial charge < -0.3 is 9.64 Å². The van der Waals surface area contributed by atoms with Crippen molar-refractivity contribution < 1.29 is 9.53 Å². The molecular weight excluding hydrogens is 350 g/mol. The molecule has 0 aliphatic carbocycles. The second-order valence-electron chi connectivity index (χ2n) is 8.33. The lowest BCUT2D eigenvalue weighted by molar-refractivity contribution is 0.0184. The fraction of sp³-hybridized carbons (Fsp3) is 0.435. The minimum absolute atomic E-state index is 0.210. The van der Waals surface area contributed by atoms with Gasteiger partial charge in [-0.1, -0.05) is 18.2 Å². The fourth-order valence-corrected chi connectivity index (χ4v) is 3.48. The summed E-state index contributed by atoms with van der Waals surface area (Å²) in [5, 5.41) is 0. The van der Waals surface area contributed by atoms with Crippen molar-refractivity contribution >= 4 is 11.8 Å². The summed E-state index contributed by atoms with van der Waals surface area (Å²) >= 11 is 0. The Hall–Kier alpha value is -2.87. The van der Waals surface area contributed by atoms with Crippen molar-refractivity contribution in [3.63, 3.8) is 0 Å². The maximum Gasteiger partial charge on any atom is 0.410 e. The zero-order valence-electron chi connectivity index (χ0n) is 16.8. The van der Waals surface area contributed by atoms with E-state index in [4.69, 9.17) is 11.3 Å². The van der Waals surface area contributed by atoms with E-state index in [2.05, 4.69) is 22.0 Å². The quantitative estimate of drug-likeness (QED) is 0.665. The number of ether oxygens (including phenoxy) is 1. The number of carbonyl (C=O) groups excluding carboxylic acids is 1. The summed E-state index contributed by atoms with van der Waals surface area (Å²) in [6.07, 6.45) is 4.42. The van der Waals surface area contributed by atoms with Crippen molar-refractivity contribution in [2.45, 2.75) is 45.6 Å². The summed E-state index contributed by atoms with van der Waals surface area (Å²) in [5.41, 5.74) is 3.28. The lowest BCUT2D eigenvalue weighted by Crippen LogP contribution is -2.42. The number of hydrogen-bond donors (Lipinski definition) is 0. The van der Waals surface area contributed by atoms with Gasteiger partial charge in [-0.2, -0.15) is 0 Å². The van der Waals surface area contributed by atoms with Gasteiger partial charge in [0.15, 0.2) is 5.69 Å². The molecule has 0 bridgehead atoms. The van der Waals surface area contributed by atoms with Crippen LogP contribution in [0.3, 0.4) is 0 Å². The highest BCUT2D eigenvalue weighted by molar-refractivity contribution is 5.68. The van der Waals surface area contributed by atoms with Crippen LogP contribution in [0.2, 0.25) is 0 Å². The number of piperidine rings is 1. The second-order valence-corrected chi connectivity index (χ2v) is 8.33. The lowest BCUT2D eigenvalue weighted by Gasteiger charge is -2.33. The molecule has 0 spiro atoms. The van der Waals surface area contributed by atoms with Gasteiger partial charge in [-0.15, -0.1) is 0 Å². The third kappa shape index (κ3) is 5.32. The third-order valence-electron chi connectivity index (χ3n) is 4.89. The van der Waals surface area contributed by atoms with Gasteiger partial charge in [-0.25, -0.2) is 9.64 Å². The van der Waals surface area contributed by atoms with Gasteiger partial charge in [0, 0.05) is 19.3 Å². The molecular formula is C23H27N3O2. The Morgan fingerprint density at radius 3 is 2.68 bits per heavy atom. The first kappa shape index (κ1) is 19.9. The van der Waals surface area contributed by atoms with Crippen molar-refractivity contribution in [1.82, 2.24) is 9.88 Å². The molecule has 1 aliphatic heterocycles. The number of likely N-dealkylation sites (tertiary alicyclic amines) is 1. The minimum atomic E-state index is -0.451. The monoisotopic (exact) mass is 377 g/mol. The summed E-state index contributed by atoms with van der Waals surface area (Å²) in [6.45, 7) is 14.3. The maximum absolute atomic E-state index is 12.2. The number of aromatic nitrogens is 1. The minimum Gasteiger partial charge on any atom is -0.444 e. The molecule has 1 aromatic carbocycles. The first-order chi connectivity index (χ1) is 13.3. The number of hydrogen-bond acceptors (Lipinski definition) is 3. The van der Waals surface area contributed by atoms with Crippen molar-refractivity contribution in [3.05, 3.63) is 59.6 Å². The number of pyridine rings is 1. The number of nitrogens with zero attached hydrogens (tertiary/aromatic N) is 3. The van der Waals surface area contributed by atoms with E-state index in [0.717, 1.165) is 43.6 Å². The molecule has 2 heterocycles. The molecule has 0 radical (unpaired) electrons. The standard InChI is InChI=1S/C23H27N3O2/c1-23(2,3)28-22(27)26-12-9-17(10-13-26)14-18-6-5-7-19(15-18)21-16-20(24-4)8-11-25-21/h5-8,11,15-17H,9-10,12-14H2,1-3H3. The number of benzene rings is 1. The summed E-state index contributed by atoms with van der Waals surface area (Å²) < 4.78 is 5.47. The summed E-state index contributed by atoms with van der Waals surface area (Å²) in [4.78, 5) is 21.9. The molecule has 5 heteroatoms. The average molecular weight is 377 g/mol. The first-order valence-corrected chi connectivity index (χ1v) is 9.75. The van der Waals surface area contributed by atoms with Gasteiger partial charge in [-0.3, -0.25) is 4.98 Å². The lowest BCUT2D eigenvalue weighted by atomic mass is 9.89. The van der Waals surface area contributed by atoms with Crippen LogP contribution in [0.5, 0.6) is 0 Å². The highest BCUT2D eigenvalue weighted by Crippen LogP contribution is 2.26. The van der Waals surface area contributed by atoms with E-state index in [1.165, 1.54) is 5.56 Å².